The molecule has 2 aromatic rings. The first-order valence-corrected chi connectivity index (χ1v) is 6.58. The van der Waals surface area contributed by atoms with E-state index in [0.717, 1.165) is 24.5 Å². The molecule has 0 radical (unpaired) electrons. The molecular formula is C13H14ClNS. The second kappa shape index (κ2) is 6.04. The van der Waals surface area contributed by atoms with Crippen LogP contribution in [0.15, 0.2) is 41.8 Å². The number of hydrogen-bond acceptors (Lipinski definition) is 2. The number of benzene rings is 1. The van der Waals surface area contributed by atoms with Gasteiger partial charge in [-0.05, 0) is 42.1 Å². The monoisotopic (exact) mass is 251 g/mol. The summed E-state index contributed by atoms with van der Waals surface area (Å²) in [6.07, 6.45) is 1.02. The molecule has 0 amide bonds. The molecule has 2 rings (SSSR count). The summed E-state index contributed by atoms with van der Waals surface area (Å²) in [4.78, 5) is 1.38. The van der Waals surface area contributed by atoms with Crippen molar-refractivity contribution in [3.8, 4) is 0 Å². The van der Waals surface area contributed by atoms with Gasteiger partial charge in [-0.2, -0.15) is 0 Å². The van der Waals surface area contributed by atoms with Crippen LogP contribution in [-0.4, -0.2) is 6.54 Å². The van der Waals surface area contributed by atoms with Crippen LogP contribution in [0, 0.1) is 0 Å². The van der Waals surface area contributed by atoms with Crippen LogP contribution in [0.4, 0.5) is 0 Å². The molecule has 0 saturated carbocycles. The normalized spacial score (nSPS) is 10.6. The predicted octanol–water partition coefficient (Wildman–Crippen LogP) is 3.73. The van der Waals surface area contributed by atoms with Gasteiger partial charge in [-0.15, -0.1) is 11.3 Å². The zero-order chi connectivity index (χ0) is 11.2. The van der Waals surface area contributed by atoms with Crippen LogP contribution in [0.2, 0.25) is 5.02 Å². The van der Waals surface area contributed by atoms with Crippen molar-refractivity contribution in [3.05, 3.63) is 57.2 Å². The summed E-state index contributed by atoms with van der Waals surface area (Å²) in [5, 5.41) is 6.34. The van der Waals surface area contributed by atoms with E-state index in [0.29, 0.717) is 0 Å². The molecule has 0 aliphatic heterocycles. The second-order valence-electron chi connectivity index (χ2n) is 3.64. The summed E-state index contributed by atoms with van der Waals surface area (Å²) < 4.78 is 0. The summed E-state index contributed by atoms with van der Waals surface area (Å²) >= 11 is 7.71. The van der Waals surface area contributed by atoms with Crippen molar-refractivity contribution < 1.29 is 0 Å². The fourth-order valence-electron chi connectivity index (χ4n) is 1.55. The zero-order valence-electron chi connectivity index (χ0n) is 8.95. The largest absolute Gasteiger partial charge is 0.312 e. The molecule has 16 heavy (non-hydrogen) atoms. The van der Waals surface area contributed by atoms with Crippen LogP contribution in [0.3, 0.4) is 0 Å². The molecule has 0 fully saturated rings. The molecule has 0 atom stereocenters. The highest BCUT2D eigenvalue weighted by Gasteiger charge is 1.95. The lowest BCUT2D eigenvalue weighted by Gasteiger charge is -2.03. The Bertz CT molecular complexity index is 425. The molecular weight excluding hydrogens is 238 g/mol. The van der Waals surface area contributed by atoms with Gasteiger partial charge in [-0.1, -0.05) is 29.8 Å². The lowest BCUT2D eigenvalue weighted by atomic mass is 10.1. The number of thiophene rings is 1. The lowest BCUT2D eigenvalue weighted by molar-refractivity contribution is 0.693. The van der Waals surface area contributed by atoms with Gasteiger partial charge in [0, 0.05) is 16.4 Å². The van der Waals surface area contributed by atoms with Gasteiger partial charge in [-0.3, -0.25) is 0 Å². The van der Waals surface area contributed by atoms with E-state index < -0.39 is 0 Å². The van der Waals surface area contributed by atoms with Crippen LogP contribution in [0.5, 0.6) is 0 Å². The highest BCUT2D eigenvalue weighted by molar-refractivity contribution is 7.09. The Morgan fingerprint density at radius 2 is 2.12 bits per heavy atom. The maximum Gasteiger partial charge on any atom is 0.0408 e. The molecule has 1 aromatic carbocycles. The molecule has 0 aliphatic carbocycles. The smallest absolute Gasteiger partial charge is 0.0408 e. The Balaban J connectivity index is 1.72. The Hall–Kier alpha value is -0.830. The van der Waals surface area contributed by atoms with Gasteiger partial charge in [-0.25, -0.2) is 0 Å². The van der Waals surface area contributed by atoms with Gasteiger partial charge < -0.3 is 5.32 Å². The first-order valence-electron chi connectivity index (χ1n) is 5.32. The van der Waals surface area contributed by atoms with Gasteiger partial charge in [0.15, 0.2) is 0 Å². The Kier molecular flexibility index (Phi) is 4.40. The molecule has 1 N–H and O–H groups in total. The predicted molar refractivity (Wildman–Crippen MR) is 71.2 cm³/mol. The number of nitrogens with one attached hydrogen (secondary N) is 1. The molecule has 0 saturated heterocycles. The van der Waals surface area contributed by atoms with E-state index in [2.05, 4.69) is 28.9 Å². The molecule has 1 aromatic heterocycles. The fraction of sp³-hybridized carbons (Fsp3) is 0.231. The molecule has 0 spiro atoms. The van der Waals surface area contributed by atoms with E-state index in [-0.39, 0.29) is 0 Å². The quantitative estimate of drug-likeness (QED) is 0.799. The van der Waals surface area contributed by atoms with Crippen molar-refractivity contribution in [2.24, 2.45) is 0 Å². The first-order chi connectivity index (χ1) is 7.84. The van der Waals surface area contributed by atoms with Gasteiger partial charge in [0.05, 0.1) is 0 Å². The van der Waals surface area contributed by atoms with Crippen LogP contribution in [-0.2, 0) is 13.0 Å². The molecule has 1 heterocycles. The lowest BCUT2D eigenvalue weighted by Crippen LogP contribution is -2.15. The van der Waals surface area contributed by atoms with Gasteiger partial charge in [0.25, 0.3) is 0 Å². The van der Waals surface area contributed by atoms with Gasteiger partial charge in [0.1, 0.15) is 0 Å². The molecule has 0 bridgehead atoms. The molecule has 0 aliphatic rings. The summed E-state index contributed by atoms with van der Waals surface area (Å²) in [5.41, 5.74) is 1.28. The van der Waals surface area contributed by atoms with E-state index in [1.807, 2.05) is 18.2 Å². The molecule has 3 heteroatoms. The maximum atomic E-state index is 5.92. The number of rotatable bonds is 5. The minimum Gasteiger partial charge on any atom is -0.312 e. The Morgan fingerprint density at radius 3 is 2.88 bits per heavy atom. The number of hydrogen-bond donors (Lipinski definition) is 1. The van der Waals surface area contributed by atoms with E-state index in [4.69, 9.17) is 11.6 Å². The summed E-state index contributed by atoms with van der Waals surface area (Å²) in [7, 11) is 0. The average Bonchev–Trinajstić information content (AvgIpc) is 2.77. The molecule has 0 unspecified atom stereocenters. The van der Waals surface area contributed by atoms with Crippen molar-refractivity contribution in [1.82, 2.24) is 5.32 Å². The summed E-state index contributed by atoms with van der Waals surface area (Å²) in [5.74, 6) is 0. The van der Waals surface area contributed by atoms with E-state index in [1.165, 1.54) is 10.4 Å². The van der Waals surface area contributed by atoms with Crippen LogP contribution >= 0.6 is 22.9 Å². The van der Waals surface area contributed by atoms with Crippen molar-refractivity contribution in [1.29, 1.82) is 0 Å². The zero-order valence-corrected chi connectivity index (χ0v) is 10.5. The van der Waals surface area contributed by atoms with E-state index >= 15 is 0 Å². The van der Waals surface area contributed by atoms with E-state index in [9.17, 15) is 0 Å². The van der Waals surface area contributed by atoms with Crippen molar-refractivity contribution in [2.45, 2.75) is 13.0 Å². The first kappa shape index (κ1) is 11.6. The third-order valence-electron chi connectivity index (χ3n) is 2.36. The van der Waals surface area contributed by atoms with E-state index in [1.54, 1.807) is 11.3 Å². The van der Waals surface area contributed by atoms with Crippen molar-refractivity contribution >= 4 is 22.9 Å². The Labute approximate surface area is 105 Å². The SMILES string of the molecule is Clc1cccc(CCNCc2cccs2)c1. The summed E-state index contributed by atoms with van der Waals surface area (Å²) in [6.45, 7) is 1.94. The Morgan fingerprint density at radius 1 is 1.19 bits per heavy atom. The molecule has 84 valence electrons. The fourth-order valence-corrected chi connectivity index (χ4v) is 2.44. The van der Waals surface area contributed by atoms with Crippen LogP contribution in [0.25, 0.3) is 0 Å². The van der Waals surface area contributed by atoms with Gasteiger partial charge >= 0.3 is 0 Å². The third-order valence-corrected chi connectivity index (χ3v) is 3.47. The minimum atomic E-state index is 0.816. The maximum absolute atomic E-state index is 5.92. The van der Waals surface area contributed by atoms with Crippen molar-refractivity contribution in [3.63, 3.8) is 0 Å². The third kappa shape index (κ3) is 3.63. The molecule has 1 nitrogen and oxygen atoms in total. The summed E-state index contributed by atoms with van der Waals surface area (Å²) in [6, 6.07) is 12.3. The highest BCUT2D eigenvalue weighted by Crippen LogP contribution is 2.11. The minimum absolute atomic E-state index is 0.816. The highest BCUT2D eigenvalue weighted by atomic mass is 35.5. The second-order valence-corrected chi connectivity index (χ2v) is 5.10. The topological polar surface area (TPSA) is 12.0 Å². The van der Waals surface area contributed by atoms with Crippen LogP contribution in [0.1, 0.15) is 10.4 Å². The van der Waals surface area contributed by atoms with Crippen molar-refractivity contribution in [2.75, 3.05) is 6.54 Å². The standard InChI is InChI=1S/C13H14ClNS/c14-12-4-1-3-11(9-12)6-7-15-10-13-5-2-8-16-13/h1-5,8-9,15H,6-7,10H2. The van der Waals surface area contributed by atoms with Gasteiger partial charge in [0.2, 0.25) is 0 Å². The number of halogens is 1. The van der Waals surface area contributed by atoms with Crippen LogP contribution < -0.4 is 5.32 Å². The average molecular weight is 252 g/mol.